The van der Waals surface area contributed by atoms with E-state index in [0.717, 1.165) is 47.7 Å². The first-order valence-corrected chi connectivity index (χ1v) is 7.16. The van der Waals surface area contributed by atoms with Crippen molar-refractivity contribution in [3.63, 3.8) is 0 Å². The van der Waals surface area contributed by atoms with Gasteiger partial charge in [-0.05, 0) is 0 Å². The summed E-state index contributed by atoms with van der Waals surface area (Å²) in [6.07, 6.45) is 0. The Bertz CT molecular complexity index is 285. The molecule has 0 aromatic carbocycles. The molecule has 0 aliphatic carbocycles. The summed E-state index contributed by atoms with van der Waals surface area (Å²) in [4.78, 5) is 45.0. The van der Waals surface area contributed by atoms with E-state index in [1.807, 2.05) is 0 Å². The van der Waals surface area contributed by atoms with Gasteiger partial charge in [0.25, 0.3) is 29.8 Å². The Balaban J connectivity index is -0.0000000305. The quantitative estimate of drug-likeness (QED) is 0.207. The fourth-order valence-corrected chi connectivity index (χ4v) is 0.329. The van der Waals surface area contributed by atoms with Gasteiger partial charge in [-0.25, -0.2) is 0 Å². The van der Waals surface area contributed by atoms with Crippen molar-refractivity contribution >= 4 is 29.8 Å². The highest BCUT2D eigenvalue weighted by Crippen LogP contribution is 1.49. The van der Waals surface area contributed by atoms with Gasteiger partial charge in [0.05, 0.1) is 0 Å². The Morgan fingerprint density at radius 1 is 0.552 bits per heavy atom. The highest BCUT2D eigenvalue weighted by Gasteiger charge is 1.76. The van der Waals surface area contributed by atoms with Crippen LogP contribution in [0.5, 0.6) is 0 Å². The molecule has 0 radical (unpaired) electrons. The van der Waals surface area contributed by atoms with Gasteiger partial charge in [0.1, 0.15) is 0 Å². The van der Waals surface area contributed by atoms with Crippen molar-refractivity contribution in [3.8, 4) is 0 Å². The maximum atomic E-state index is 9.00. The molecule has 0 bridgehead atoms. The molecule has 0 heterocycles. The van der Waals surface area contributed by atoms with E-state index >= 15 is 0 Å². The summed E-state index contributed by atoms with van der Waals surface area (Å²) in [6, 6.07) is 0. The highest BCUT2D eigenvalue weighted by molar-refractivity contribution is 5.63. The summed E-state index contributed by atoms with van der Waals surface area (Å²) in [7, 11) is 0. The molecule has 0 unspecified atom stereocenters. The Morgan fingerprint density at radius 2 is 0.655 bits per heavy atom. The van der Waals surface area contributed by atoms with Gasteiger partial charge in [-0.15, -0.1) is 0 Å². The summed E-state index contributed by atoms with van der Waals surface area (Å²) >= 11 is 0. The summed E-state index contributed by atoms with van der Waals surface area (Å²) < 4.78 is 0. The number of hydrogen-bond donors (Lipinski definition) is 8. The molecule has 0 amide bonds. The summed E-state index contributed by atoms with van der Waals surface area (Å²) in [5.41, 5.74) is 10.3. The largest absolute Gasteiger partial charge is 0.481 e. The molecule has 0 atom stereocenters. The summed E-state index contributed by atoms with van der Waals surface area (Å²) in [5.74, 6) is -4.17. The predicted octanol–water partition coefficient (Wildman–Crippen LogP) is -2.70. The Kier molecular flexibility index (Phi) is 86.3. The topological polar surface area (TPSA) is 314 Å². The van der Waals surface area contributed by atoms with Crippen molar-refractivity contribution in [2.75, 3.05) is 26.2 Å². The van der Waals surface area contributed by atoms with Crippen molar-refractivity contribution in [1.29, 1.82) is 0 Å². The second kappa shape index (κ2) is 49.9. The smallest absolute Gasteiger partial charge is 0.300 e. The first-order chi connectivity index (χ1) is 12.1. The van der Waals surface area contributed by atoms with E-state index in [4.69, 9.17) is 61.0 Å². The molecule has 0 saturated carbocycles. The molecule has 0 aromatic heterocycles. The molecule has 0 fully saturated rings. The number of rotatable bonds is 4. The normalized spacial score (nSPS) is 6.59. The van der Waals surface area contributed by atoms with Crippen LogP contribution in [-0.2, 0) is 24.0 Å². The number of carboxylic acid groups (broad SMARTS) is 5. The van der Waals surface area contributed by atoms with Crippen LogP contribution in [0.15, 0.2) is 0 Å². The number of nitrogens with two attached hydrogens (primary N) is 2. The lowest BCUT2D eigenvalue weighted by atomic mass is 10.6. The van der Waals surface area contributed by atoms with E-state index in [1.165, 1.54) is 0 Å². The van der Waals surface area contributed by atoms with Gasteiger partial charge in [-0.1, -0.05) is 0 Å². The number of aliphatic carboxylic acids is 5. The van der Waals surface area contributed by atoms with Gasteiger partial charge in [-0.2, -0.15) is 0 Å². The molecule has 29 heavy (non-hydrogen) atoms. The van der Waals surface area contributed by atoms with Crippen molar-refractivity contribution in [2.24, 2.45) is 11.5 Å². The molecular formula is C14H37N3O12. The van der Waals surface area contributed by atoms with Crippen molar-refractivity contribution < 1.29 is 60.5 Å². The minimum Gasteiger partial charge on any atom is -0.481 e. The molecule has 15 heteroatoms. The van der Waals surface area contributed by atoms with Gasteiger partial charge < -0.3 is 53.3 Å². The van der Waals surface area contributed by atoms with Crippen molar-refractivity contribution in [2.45, 2.75) is 34.6 Å². The zero-order valence-electron chi connectivity index (χ0n) is 17.3. The fourth-order valence-electron chi connectivity index (χ4n) is 0.329. The van der Waals surface area contributed by atoms with Crippen LogP contribution in [0.25, 0.3) is 0 Å². The zero-order chi connectivity index (χ0) is 23.4. The van der Waals surface area contributed by atoms with Crippen molar-refractivity contribution in [3.05, 3.63) is 0 Å². The molecule has 0 aromatic rings. The maximum absolute atomic E-state index is 9.00. The third kappa shape index (κ3) is 10200. The molecular weight excluding hydrogens is 402 g/mol. The number of carboxylic acids is 5. The minimum atomic E-state index is -0.833. The molecule has 180 valence electrons. The van der Waals surface area contributed by atoms with Crippen LogP contribution < -0.4 is 16.8 Å². The number of hydrogen-bond acceptors (Lipinski definition) is 8. The second-order valence-corrected chi connectivity index (χ2v) is 3.92. The third-order valence-electron chi connectivity index (χ3n) is 0.642. The van der Waals surface area contributed by atoms with E-state index in [9.17, 15) is 0 Å². The first kappa shape index (κ1) is 50.2. The minimum absolute atomic E-state index is 0. The maximum Gasteiger partial charge on any atom is 0.300 e. The van der Waals surface area contributed by atoms with E-state index in [-0.39, 0.29) is 11.0 Å². The lowest BCUT2D eigenvalue weighted by Crippen LogP contribution is -2.27. The zero-order valence-corrected chi connectivity index (χ0v) is 17.3. The van der Waals surface area contributed by atoms with Crippen LogP contribution in [0.1, 0.15) is 34.6 Å². The van der Waals surface area contributed by atoms with Crippen LogP contribution in [0.3, 0.4) is 0 Å². The Hall–Kier alpha value is -2.85. The molecule has 0 rings (SSSR count). The first-order valence-electron chi connectivity index (χ1n) is 7.16. The monoisotopic (exact) mass is 439 g/mol. The molecule has 0 saturated heterocycles. The molecule has 0 spiro atoms. The Labute approximate surface area is 168 Å². The molecule has 0 aliphatic rings. The van der Waals surface area contributed by atoms with Crippen LogP contribution in [0.2, 0.25) is 0 Å². The van der Waals surface area contributed by atoms with Crippen LogP contribution in [0, 0.1) is 0 Å². The van der Waals surface area contributed by atoms with Crippen LogP contribution in [0.4, 0.5) is 0 Å². The van der Waals surface area contributed by atoms with E-state index < -0.39 is 29.8 Å². The van der Waals surface area contributed by atoms with Gasteiger partial charge in [0.2, 0.25) is 0 Å². The van der Waals surface area contributed by atoms with Crippen LogP contribution in [-0.4, -0.2) is 92.5 Å². The highest BCUT2D eigenvalue weighted by atomic mass is 16.4. The van der Waals surface area contributed by atoms with Crippen molar-refractivity contribution in [1.82, 2.24) is 5.32 Å². The van der Waals surface area contributed by atoms with Gasteiger partial charge in [0, 0.05) is 60.8 Å². The van der Waals surface area contributed by atoms with Gasteiger partial charge in [-0.3, -0.25) is 24.0 Å². The average Bonchev–Trinajstić information content (AvgIpc) is 2.35. The third-order valence-corrected chi connectivity index (χ3v) is 0.642. The molecule has 15 nitrogen and oxygen atoms in total. The molecule has 0 aliphatic heterocycles. The Morgan fingerprint density at radius 3 is 0.724 bits per heavy atom. The SMILES string of the molecule is CC(=O)O.CC(=O)O.CC(=O)O.CC(=O)O.CC(=O)O.NCCNCCN.O.O. The van der Waals surface area contributed by atoms with E-state index in [0.29, 0.717) is 13.1 Å². The second-order valence-electron chi connectivity index (χ2n) is 3.92. The lowest BCUT2D eigenvalue weighted by molar-refractivity contribution is -0.135. The van der Waals surface area contributed by atoms with Crippen LogP contribution >= 0.6 is 0 Å². The lowest BCUT2D eigenvalue weighted by Gasteiger charge is -1.95. The van der Waals surface area contributed by atoms with Gasteiger partial charge in [0.15, 0.2) is 0 Å². The molecule has 14 N–H and O–H groups in total. The van der Waals surface area contributed by atoms with E-state index in [2.05, 4.69) is 5.32 Å². The fraction of sp³-hybridized carbons (Fsp3) is 0.643. The number of nitrogens with one attached hydrogen (secondary N) is 1. The van der Waals surface area contributed by atoms with Gasteiger partial charge >= 0.3 is 0 Å². The standard InChI is InChI=1S/C4H13N3.5C2H4O2.2H2O/c5-1-3-7-4-2-6;5*1-2(3)4;;/h7H,1-6H2;5*1H3,(H,3,4);2*1H2. The summed E-state index contributed by atoms with van der Waals surface area (Å²) in [6.45, 7) is 8.55. The predicted molar refractivity (Wildman–Crippen MR) is 105 cm³/mol. The summed E-state index contributed by atoms with van der Waals surface area (Å²) in [5, 5.41) is 40.1. The number of carbonyl (C=O) groups is 5. The van der Waals surface area contributed by atoms with E-state index in [1.54, 1.807) is 0 Å². The average molecular weight is 439 g/mol.